The Balaban J connectivity index is 3.00. The quantitative estimate of drug-likeness (QED) is 0.812. The Bertz CT molecular complexity index is 475. The minimum Gasteiger partial charge on any atom is -0.478 e. The highest BCUT2D eigenvalue weighted by Crippen LogP contribution is 2.31. The lowest BCUT2D eigenvalue weighted by Gasteiger charge is -2.11. The van der Waals surface area contributed by atoms with Gasteiger partial charge in [0.05, 0.1) is 11.3 Å². The minimum atomic E-state index is -1.08. The Morgan fingerprint density at radius 1 is 1.33 bits per heavy atom. The predicted molar refractivity (Wildman–Crippen MR) is 77.0 cm³/mol. The van der Waals surface area contributed by atoms with E-state index in [2.05, 4.69) is 37.2 Å². The average Bonchev–Trinajstić information content (AvgIpc) is 2.29. The van der Waals surface area contributed by atoms with Crippen LogP contribution in [0.3, 0.4) is 0 Å². The maximum absolute atomic E-state index is 11.6. The zero-order chi connectivity index (χ0) is 13.7. The van der Waals surface area contributed by atoms with Gasteiger partial charge in [0.25, 0.3) is 0 Å². The van der Waals surface area contributed by atoms with Crippen molar-refractivity contribution in [2.75, 3.05) is 5.32 Å². The van der Waals surface area contributed by atoms with E-state index in [1.807, 2.05) is 6.92 Å². The summed E-state index contributed by atoms with van der Waals surface area (Å²) in [6, 6.07) is 3.16. The van der Waals surface area contributed by atoms with E-state index in [-0.39, 0.29) is 11.5 Å². The molecule has 0 spiro atoms. The van der Waals surface area contributed by atoms with Crippen LogP contribution >= 0.6 is 31.9 Å². The van der Waals surface area contributed by atoms with E-state index in [1.165, 1.54) is 6.07 Å². The second-order valence-corrected chi connectivity index (χ2v) is 5.54. The van der Waals surface area contributed by atoms with Crippen LogP contribution in [0.15, 0.2) is 21.1 Å². The number of halogens is 2. The summed E-state index contributed by atoms with van der Waals surface area (Å²) in [5, 5.41) is 11.7. The lowest BCUT2D eigenvalue weighted by atomic mass is 10.1. The summed E-state index contributed by atoms with van der Waals surface area (Å²) in [6.45, 7) is 1.99. The Kier molecular flexibility index (Phi) is 5.81. The molecule has 0 fully saturated rings. The monoisotopic (exact) mass is 377 g/mol. The van der Waals surface area contributed by atoms with Gasteiger partial charge in [-0.05, 0) is 34.5 Å². The fourth-order valence-electron chi connectivity index (χ4n) is 1.41. The van der Waals surface area contributed by atoms with Gasteiger partial charge < -0.3 is 10.4 Å². The summed E-state index contributed by atoms with van der Waals surface area (Å²) in [4.78, 5) is 22.8. The van der Waals surface area contributed by atoms with Crippen molar-refractivity contribution in [1.29, 1.82) is 0 Å². The van der Waals surface area contributed by atoms with Gasteiger partial charge in [0, 0.05) is 15.4 Å². The number of nitrogens with one attached hydrogen (secondary N) is 1. The number of carboxylic acids is 1. The molecule has 0 aliphatic heterocycles. The molecule has 1 amide bonds. The van der Waals surface area contributed by atoms with Crippen molar-refractivity contribution in [2.45, 2.75) is 26.2 Å². The molecule has 2 N–H and O–H groups in total. The third kappa shape index (κ3) is 4.10. The molecule has 0 saturated heterocycles. The molecular weight excluding hydrogens is 366 g/mol. The molecule has 4 nitrogen and oxygen atoms in total. The largest absolute Gasteiger partial charge is 0.478 e. The third-order valence-corrected chi connectivity index (χ3v) is 3.39. The fraction of sp³-hybridized carbons (Fsp3) is 0.333. The molecule has 6 heteroatoms. The van der Waals surface area contributed by atoms with Crippen molar-refractivity contribution in [1.82, 2.24) is 0 Å². The van der Waals surface area contributed by atoms with E-state index in [0.717, 1.165) is 12.8 Å². The van der Waals surface area contributed by atoms with Crippen LogP contribution in [0.5, 0.6) is 0 Å². The molecule has 0 heterocycles. The molecule has 0 saturated carbocycles. The van der Waals surface area contributed by atoms with E-state index in [9.17, 15) is 9.59 Å². The molecule has 0 bridgehead atoms. The van der Waals surface area contributed by atoms with Gasteiger partial charge in [0.1, 0.15) is 0 Å². The van der Waals surface area contributed by atoms with Gasteiger partial charge in [-0.25, -0.2) is 4.79 Å². The van der Waals surface area contributed by atoms with Gasteiger partial charge in [-0.15, -0.1) is 0 Å². The Labute approximate surface area is 122 Å². The molecule has 0 aliphatic carbocycles. The van der Waals surface area contributed by atoms with Crippen molar-refractivity contribution in [3.8, 4) is 0 Å². The van der Waals surface area contributed by atoms with Gasteiger partial charge >= 0.3 is 5.97 Å². The van der Waals surface area contributed by atoms with Crippen molar-refractivity contribution in [3.05, 3.63) is 26.6 Å². The van der Waals surface area contributed by atoms with Gasteiger partial charge in [0.2, 0.25) is 5.91 Å². The molecule has 98 valence electrons. The Hall–Kier alpha value is -0.880. The molecule has 18 heavy (non-hydrogen) atoms. The number of hydrogen-bond acceptors (Lipinski definition) is 2. The van der Waals surface area contributed by atoms with Crippen LogP contribution in [-0.4, -0.2) is 17.0 Å². The number of anilines is 1. The van der Waals surface area contributed by atoms with Crippen LogP contribution in [0.25, 0.3) is 0 Å². The van der Waals surface area contributed by atoms with Crippen molar-refractivity contribution < 1.29 is 14.7 Å². The standard InChI is InChI=1S/C12H13Br2NO3/c1-2-3-4-10(16)15-11-8(12(17)18)5-7(13)6-9(11)14/h5-6H,2-4H2,1H3,(H,15,16)(H,17,18). The number of benzene rings is 1. The number of amides is 1. The molecule has 0 aromatic heterocycles. The molecule has 0 radical (unpaired) electrons. The summed E-state index contributed by atoms with van der Waals surface area (Å²) in [7, 11) is 0. The van der Waals surface area contributed by atoms with Gasteiger partial charge in [0.15, 0.2) is 0 Å². The summed E-state index contributed by atoms with van der Waals surface area (Å²) < 4.78 is 1.18. The molecule has 0 unspecified atom stereocenters. The first-order valence-electron chi connectivity index (χ1n) is 5.48. The SMILES string of the molecule is CCCCC(=O)Nc1c(Br)cc(Br)cc1C(=O)O. The second-order valence-electron chi connectivity index (χ2n) is 3.77. The molecule has 0 atom stereocenters. The zero-order valence-corrected chi connectivity index (χ0v) is 13.0. The number of hydrogen-bond donors (Lipinski definition) is 2. The fourth-order valence-corrected chi connectivity index (χ4v) is 2.73. The summed E-state index contributed by atoms with van der Waals surface area (Å²) in [6.07, 6.45) is 2.08. The first-order chi connectivity index (χ1) is 8.45. The second kappa shape index (κ2) is 6.89. The molecular formula is C12H13Br2NO3. The van der Waals surface area contributed by atoms with Gasteiger partial charge in [-0.1, -0.05) is 29.3 Å². The van der Waals surface area contributed by atoms with Crippen molar-refractivity contribution >= 4 is 49.4 Å². The zero-order valence-electron chi connectivity index (χ0n) is 9.80. The summed E-state index contributed by atoms with van der Waals surface area (Å²) in [5.74, 6) is -1.26. The summed E-state index contributed by atoms with van der Waals surface area (Å²) >= 11 is 6.47. The first-order valence-corrected chi connectivity index (χ1v) is 7.06. The molecule has 1 rings (SSSR count). The highest BCUT2D eigenvalue weighted by Gasteiger charge is 2.16. The smallest absolute Gasteiger partial charge is 0.337 e. The topological polar surface area (TPSA) is 66.4 Å². The van der Waals surface area contributed by atoms with E-state index >= 15 is 0 Å². The van der Waals surface area contributed by atoms with E-state index < -0.39 is 5.97 Å². The van der Waals surface area contributed by atoms with Gasteiger partial charge in [-0.2, -0.15) is 0 Å². The van der Waals surface area contributed by atoms with Crippen LogP contribution in [-0.2, 0) is 4.79 Å². The predicted octanol–water partition coefficient (Wildman–Crippen LogP) is 4.04. The van der Waals surface area contributed by atoms with Gasteiger partial charge in [-0.3, -0.25) is 4.79 Å². The lowest BCUT2D eigenvalue weighted by Crippen LogP contribution is -2.14. The van der Waals surface area contributed by atoms with E-state index in [1.54, 1.807) is 6.07 Å². The Morgan fingerprint density at radius 3 is 2.56 bits per heavy atom. The van der Waals surface area contributed by atoms with Crippen molar-refractivity contribution in [2.24, 2.45) is 0 Å². The van der Waals surface area contributed by atoms with Crippen LogP contribution in [0.1, 0.15) is 36.5 Å². The number of carboxylic acid groups (broad SMARTS) is 1. The lowest BCUT2D eigenvalue weighted by molar-refractivity contribution is -0.116. The van der Waals surface area contributed by atoms with E-state index in [4.69, 9.17) is 5.11 Å². The Morgan fingerprint density at radius 2 is 2.00 bits per heavy atom. The molecule has 1 aromatic rings. The van der Waals surface area contributed by atoms with Crippen LogP contribution in [0.2, 0.25) is 0 Å². The third-order valence-electron chi connectivity index (χ3n) is 2.31. The molecule has 1 aromatic carbocycles. The summed E-state index contributed by atoms with van der Waals surface area (Å²) in [5.41, 5.74) is 0.355. The normalized spacial score (nSPS) is 10.2. The van der Waals surface area contributed by atoms with E-state index in [0.29, 0.717) is 21.1 Å². The molecule has 0 aliphatic rings. The minimum absolute atomic E-state index is 0.0566. The van der Waals surface area contributed by atoms with Crippen molar-refractivity contribution in [3.63, 3.8) is 0 Å². The average molecular weight is 379 g/mol. The van der Waals surface area contributed by atoms with Crippen LogP contribution < -0.4 is 5.32 Å². The van der Waals surface area contributed by atoms with Crippen LogP contribution in [0, 0.1) is 0 Å². The number of unbranched alkanes of at least 4 members (excludes halogenated alkanes) is 1. The maximum Gasteiger partial charge on any atom is 0.337 e. The maximum atomic E-state index is 11.6. The number of carbonyl (C=O) groups excluding carboxylic acids is 1. The van der Waals surface area contributed by atoms with Crippen LogP contribution in [0.4, 0.5) is 5.69 Å². The number of rotatable bonds is 5. The highest BCUT2D eigenvalue weighted by molar-refractivity contribution is 9.11. The first kappa shape index (κ1) is 15.2. The number of carbonyl (C=O) groups is 2. The highest BCUT2D eigenvalue weighted by atomic mass is 79.9. The number of aromatic carboxylic acids is 1.